The third-order valence-electron chi connectivity index (χ3n) is 4.67. The summed E-state index contributed by atoms with van der Waals surface area (Å²) in [5.41, 5.74) is 0.172. The molecule has 0 aromatic heterocycles. The average Bonchev–Trinajstić information content (AvgIpc) is 3.11. The van der Waals surface area contributed by atoms with Crippen molar-refractivity contribution >= 4 is 44.7 Å². The number of halogens is 1. The molecule has 0 unspecified atom stereocenters. The van der Waals surface area contributed by atoms with Gasteiger partial charge in [-0.3, -0.25) is 19.3 Å². The standard InChI is InChI=1S/C18H19FN2O5S2/c1-2-20(13-7-8-28(25,26)11-13)16(22)10-21-17(23)15(27-18(21)24)9-12-5-3-4-6-14(12)19/h3-6,9,13H,2,7-8,10-11H2,1H3/b15-9-/t13-/m1/s1. The molecule has 0 aliphatic carbocycles. The number of likely N-dealkylation sites (N-methyl/N-ethyl adjacent to an activating group) is 1. The molecule has 2 saturated heterocycles. The summed E-state index contributed by atoms with van der Waals surface area (Å²) >= 11 is 0.644. The molecule has 7 nitrogen and oxygen atoms in total. The first-order chi connectivity index (χ1) is 13.2. The molecular weight excluding hydrogens is 407 g/mol. The number of thioether (sulfide) groups is 1. The van der Waals surface area contributed by atoms with Crippen LogP contribution in [0.1, 0.15) is 18.9 Å². The van der Waals surface area contributed by atoms with Gasteiger partial charge in [-0.15, -0.1) is 0 Å². The van der Waals surface area contributed by atoms with Gasteiger partial charge in [0.05, 0.1) is 16.4 Å². The Morgan fingerprint density at radius 2 is 2.07 bits per heavy atom. The highest BCUT2D eigenvalue weighted by Crippen LogP contribution is 2.32. The molecule has 1 atom stereocenters. The molecule has 3 amide bonds. The number of carbonyl (C=O) groups excluding carboxylic acids is 3. The first-order valence-electron chi connectivity index (χ1n) is 8.71. The van der Waals surface area contributed by atoms with Crippen molar-refractivity contribution in [3.8, 4) is 0 Å². The van der Waals surface area contributed by atoms with E-state index < -0.39 is 45.3 Å². The monoisotopic (exact) mass is 426 g/mol. The molecule has 0 bridgehead atoms. The van der Waals surface area contributed by atoms with Crippen LogP contribution in [0, 0.1) is 5.82 Å². The zero-order valence-corrected chi connectivity index (χ0v) is 16.8. The van der Waals surface area contributed by atoms with Gasteiger partial charge in [-0.25, -0.2) is 12.8 Å². The molecule has 2 heterocycles. The first kappa shape index (κ1) is 20.5. The molecule has 0 radical (unpaired) electrons. The predicted molar refractivity (Wildman–Crippen MR) is 104 cm³/mol. The molecule has 2 aliphatic heterocycles. The minimum atomic E-state index is -3.17. The second kappa shape index (κ2) is 8.04. The lowest BCUT2D eigenvalue weighted by molar-refractivity contribution is -0.137. The predicted octanol–water partition coefficient (Wildman–Crippen LogP) is 1.90. The zero-order valence-electron chi connectivity index (χ0n) is 15.1. The Bertz CT molecular complexity index is 960. The molecule has 28 heavy (non-hydrogen) atoms. The fourth-order valence-corrected chi connectivity index (χ4v) is 5.82. The van der Waals surface area contributed by atoms with Crippen LogP contribution in [0.15, 0.2) is 29.2 Å². The molecule has 1 aromatic rings. The summed E-state index contributed by atoms with van der Waals surface area (Å²) in [5, 5.41) is -0.615. The summed E-state index contributed by atoms with van der Waals surface area (Å²) in [4.78, 5) is 39.6. The van der Waals surface area contributed by atoms with Crippen LogP contribution in [0.3, 0.4) is 0 Å². The second-order valence-electron chi connectivity index (χ2n) is 6.53. The van der Waals surface area contributed by atoms with Gasteiger partial charge in [-0.05, 0) is 37.2 Å². The van der Waals surface area contributed by atoms with Crippen LogP contribution in [0.4, 0.5) is 9.18 Å². The number of nitrogens with zero attached hydrogens (tertiary/aromatic N) is 2. The maximum atomic E-state index is 13.8. The van der Waals surface area contributed by atoms with E-state index in [0.29, 0.717) is 18.2 Å². The normalized spacial score (nSPS) is 22.9. The molecule has 10 heteroatoms. The molecule has 0 saturated carbocycles. The number of imide groups is 1. The number of hydrogen-bond donors (Lipinski definition) is 0. The first-order valence-corrected chi connectivity index (χ1v) is 11.4. The molecule has 0 spiro atoms. The number of sulfone groups is 1. The summed E-state index contributed by atoms with van der Waals surface area (Å²) in [5.74, 6) is -1.76. The van der Waals surface area contributed by atoms with Gasteiger partial charge in [0.1, 0.15) is 12.4 Å². The van der Waals surface area contributed by atoms with E-state index in [-0.39, 0.29) is 28.5 Å². The van der Waals surface area contributed by atoms with Crippen LogP contribution in [-0.2, 0) is 19.4 Å². The number of rotatable bonds is 5. The Labute approximate surface area is 166 Å². The summed E-state index contributed by atoms with van der Waals surface area (Å²) in [6, 6.07) is 5.40. The Morgan fingerprint density at radius 1 is 1.36 bits per heavy atom. The SMILES string of the molecule is CCN(C(=O)CN1C(=O)S/C(=C\c2ccccc2F)C1=O)[C@@H]1CCS(=O)(=O)C1. The Balaban J connectivity index is 1.73. The van der Waals surface area contributed by atoms with Crippen LogP contribution in [0.25, 0.3) is 6.08 Å². The van der Waals surface area contributed by atoms with E-state index in [4.69, 9.17) is 0 Å². The largest absolute Gasteiger partial charge is 0.337 e. The molecular formula is C18H19FN2O5S2. The highest BCUT2D eigenvalue weighted by atomic mass is 32.2. The van der Waals surface area contributed by atoms with Crippen molar-refractivity contribution in [2.24, 2.45) is 0 Å². The molecule has 1 aromatic carbocycles. The highest BCUT2D eigenvalue weighted by molar-refractivity contribution is 8.18. The Kier molecular flexibility index (Phi) is 5.90. The van der Waals surface area contributed by atoms with E-state index in [1.54, 1.807) is 13.0 Å². The summed E-state index contributed by atoms with van der Waals surface area (Å²) < 4.78 is 37.1. The highest BCUT2D eigenvalue weighted by Gasteiger charge is 2.39. The second-order valence-corrected chi connectivity index (χ2v) is 9.75. The minimum absolute atomic E-state index is 0.0222. The van der Waals surface area contributed by atoms with Gasteiger partial charge >= 0.3 is 0 Å². The summed E-state index contributed by atoms with van der Waals surface area (Å²) in [6.07, 6.45) is 1.63. The van der Waals surface area contributed by atoms with Gasteiger partial charge in [0.25, 0.3) is 11.1 Å². The molecule has 2 fully saturated rings. The summed E-state index contributed by atoms with van der Waals surface area (Å²) in [7, 11) is -3.17. The number of carbonyl (C=O) groups is 3. The lowest BCUT2D eigenvalue weighted by atomic mass is 10.2. The van der Waals surface area contributed by atoms with E-state index in [9.17, 15) is 27.2 Å². The van der Waals surface area contributed by atoms with Gasteiger partial charge in [0.2, 0.25) is 5.91 Å². The van der Waals surface area contributed by atoms with Crippen molar-refractivity contribution in [2.45, 2.75) is 19.4 Å². The van der Waals surface area contributed by atoms with Gasteiger partial charge in [0.15, 0.2) is 9.84 Å². The number of amides is 3. The lowest BCUT2D eigenvalue weighted by Crippen LogP contribution is -2.47. The van der Waals surface area contributed by atoms with Crippen molar-refractivity contribution in [3.05, 3.63) is 40.6 Å². The van der Waals surface area contributed by atoms with Crippen LogP contribution in [-0.4, -0.2) is 65.9 Å². The van der Waals surface area contributed by atoms with E-state index in [0.717, 1.165) is 4.90 Å². The third kappa shape index (κ3) is 4.27. The smallest absolute Gasteiger partial charge is 0.294 e. The maximum absolute atomic E-state index is 13.8. The number of benzene rings is 1. The fourth-order valence-electron chi connectivity index (χ4n) is 3.26. The molecule has 0 N–H and O–H groups in total. The van der Waals surface area contributed by atoms with E-state index >= 15 is 0 Å². The van der Waals surface area contributed by atoms with Crippen molar-refractivity contribution in [1.29, 1.82) is 0 Å². The van der Waals surface area contributed by atoms with Crippen LogP contribution >= 0.6 is 11.8 Å². The lowest BCUT2D eigenvalue weighted by Gasteiger charge is -2.28. The molecule has 150 valence electrons. The third-order valence-corrected chi connectivity index (χ3v) is 7.33. The topological polar surface area (TPSA) is 91.8 Å². The van der Waals surface area contributed by atoms with Gasteiger partial charge < -0.3 is 4.90 Å². The fraction of sp³-hybridized carbons (Fsp3) is 0.389. The van der Waals surface area contributed by atoms with Crippen LogP contribution < -0.4 is 0 Å². The molecule has 3 rings (SSSR count). The van der Waals surface area contributed by atoms with E-state index in [1.807, 2.05) is 0 Å². The quantitative estimate of drug-likeness (QED) is 0.668. The van der Waals surface area contributed by atoms with Crippen LogP contribution in [0.5, 0.6) is 0 Å². The Hall–Kier alpha value is -2.20. The Morgan fingerprint density at radius 3 is 2.68 bits per heavy atom. The van der Waals surface area contributed by atoms with Gasteiger partial charge in [-0.1, -0.05) is 18.2 Å². The molecule has 2 aliphatic rings. The van der Waals surface area contributed by atoms with Crippen molar-refractivity contribution in [1.82, 2.24) is 9.80 Å². The van der Waals surface area contributed by atoms with E-state index in [2.05, 4.69) is 0 Å². The van der Waals surface area contributed by atoms with Gasteiger partial charge in [0, 0.05) is 18.2 Å². The van der Waals surface area contributed by atoms with Crippen molar-refractivity contribution in [3.63, 3.8) is 0 Å². The van der Waals surface area contributed by atoms with E-state index in [1.165, 1.54) is 29.2 Å². The van der Waals surface area contributed by atoms with Crippen LogP contribution in [0.2, 0.25) is 0 Å². The zero-order chi connectivity index (χ0) is 20.5. The average molecular weight is 426 g/mol. The minimum Gasteiger partial charge on any atom is -0.337 e. The van der Waals surface area contributed by atoms with Gasteiger partial charge in [-0.2, -0.15) is 0 Å². The van der Waals surface area contributed by atoms with Crippen molar-refractivity contribution in [2.75, 3.05) is 24.6 Å². The maximum Gasteiger partial charge on any atom is 0.294 e. The van der Waals surface area contributed by atoms with Crippen molar-refractivity contribution < 1.29 is 27.2 Å². The summed E-state index contributed by atoms with van der Waals surface area (Å²) in [6.45, 7) is 1.53. The number of hydrogen-bond acceptors (Lipinski definition) is 6.